The molecule has 2 saturated carbocycles. The van der Waals surface area contributed by atoms with Gasteiger partial charge in [0.15, 0.2) is 5.84 Å². The minimum atomic E-state index is 0.0904. The number of hydrogen-bond acceptors (Lipinski definition) is 3. The lowest BCUT2D eigenvalue weighted by Gasteiger charge is -2.06. The number of nitrogens with two attached hydrogens (primary N) is 1. The Morgan fingerprint density at radius 1 is 1.24 bits per heavy atom. The van der Waals surface area contributed by atoms with Crippen molar-refractivity contribution in [1.29, 1.82) is 0 Å². The molecule has 0 aromatic heterocycles. The molecule has 0 bridgehead atoms. The fourth-order valence-electron chi connectivity index (χ4n) is 3.54. The Morgan fingerprint density at radius 2 is 1.86 bits per heavy atom. The molecule has 5 nitrogen and oxygen atoms in total. The number of carbonyl (C=O) groups is 1. The summed E-state index contributed by atoms with van der Waals surface area (Å²) in [5.41, 5.74) is 7.19. The molecule has 2 atom stereocenters. The first-order valence-corrected chi connectivity index (χ1v) is 7.55. The van der Waals surface area contributed by atoms with E-state index in [1.54, 1.807) is 12.1 Å². The Labute approximate surface area is 124 Å². The summed E-state index contributed by atoms with van der Waals surface area (Å²) in [7, 11) is 0. The highest BCUT2D eigenvalue weighted by Crippen LogP contribution is 2.55. The van der Waals surface area contributed by atoms with Crippen LogP contribution < -0.4 is 11.1 Å². The third kappa shape index (κ3) is 2.86. The van der Waals surface area contributed by atoms with Gasteiger partial charge in [0.2, 0.25) is 5.91 Å². The Hall–Kier alpha value is -2.04. The van der Waals surface area contributed by atoms with Crippen molar-refractivity contribution in [2.75, 3.05) is 0 Å². The van der Waals surface area contributed by atoms with E-state index in [4.69, 9.17) is 10.9 Å². The second-order valence-electron chi connectivity index (χ2n) is 6.04. The smallest absolute Gasteiger partial charge is 0.223 e. The van der Waals surface area contributed by atoms with Gasteiger partial charge in [0.05, 0.1) is 0 Å². The minimum Gasteiger partial charge on any atom is -0.409 e. The second-order valence-corrected chi connectivity index (χ2v) is 6.04. The van der Waals surface area contributed by atoms with Gasteiger partial charge >= 0.3 is 0 Å². The highest BCUT2D eigenvalue weighted by Gasteiger charge is 2.54. The molecule has 4 N–H and O–H groups in total. The highest BCUT2D eigenvalue weighted by molar-refractivity contribution is 5.96. The maximum atomic E-state index is 12.2. The lowest BCUT2D eigenvalue weighted by atomic mass is 10.0. The van der Waals surface area contributed by atoms with Crippen molar-refractivity contribution >= 4 is 11.7 Å². The number of carbonyl (C=O) groups excluding carboxylic acids is 1. The average molecular weight is 287 g/mol. The number of nitrogens with zero attached hydrogens (tertiary/aromatic N) is 1. The molecule has 2 unspecified atom stereocenters. The van der Waals surface area contributed by atoms with Crippen LogP contribution in [0.25, 0.3) is 0 Å². The van der Waals surface area contributed by atoms with Crippen LogP contribution >= 0.6 is 0 Å². The van der Waals surface area contributed by atoms with Gasteiger partial charge in [-0.3, -0.25) is 4.79 Å². The summed E-state index contributed by atoms with van der Waals surface area (Å²) < 4.78 is 0. The van der Waals surface area contributed by atoms with Gasteiger partial charge in [0, 0.05) is 18.0 Å². The molecule has 0 heterocycles. The number of amides is 1. The predicted octanol–water partition coefficient (Wildman–Crippen LogP) is 1.83. The second kappa shape index (κ2) is 5.76. The lowest BCUT2D eigenvalue weighted by Crippen LogP contribution is -2.25. The van der Waals surface area contributed by atoms with Gasteiger partial charge < -0.3 is 16.3 Å². The quantitative estimate of drug-likeness (QED) is 0.342. The summed E-state index contributed by atoms with van der Waals surface area (Å²) in [6.45, 7) is 0.533. The van der Waals surface area contributed by atoms with E-state index in [2.05, 4.69) is 10.5 Å². The first kappa shape index (κ1) is 13.9. The highest BCUT2D eigenvalue weighted by atomic mass is 16.4. The van der Waals surface area contributed by atoms with Crippen molar-refractivity contribution in [2.24, 2.45) is 28.6 Å². The molecule has 21 heavy (non-hydrogen) atoms. The van der Waals surface area contributed by atoms with Gasteiger partial charge in [-0.05, 0) is 30.2 Å². The number of oxime groups is 1. The van der Waals surface area contributed by atoms with E-state index in [9.17, 15) is 4.79 Å². The molecule has 1 aromatic rings. The summed E-state index contributed by atoms with van der Waals surface area (Å²) in [5, 5.41) is 14.6. The molecule has 0 aliphatic heterocycles. The van der Waals surface area contributed by atoms with Gasteiger partial charge in [0.1, 0.15) is 0 Å². The molecule has 1 aromatic carbocycles. The number of rotatable bonds is 4. The van der Waals surface area contributed by atoms with Crippen LogP contribution in [0.4, 0.5) is 0 Å². The lowest BCUT2D eigenvalue weighted by molar-refractivity contribution is -0.123. The van der Waals surface area contributed by atoms with E-state index >= 15 is 0 Å². The van der Waals surface area contributed by atoms with E-state index < -0.39 is 0 Å². The van der Waals surface area contributed by atoms with Crippen LogP contribution in [-0.2, 0) is 11.3 Å². The number of fused-ring (bicyclic) bond motifs is 1. The van der Waals surface area contributed by atoms with Crippen LogP contribution in [0.5, 0.6) is 0 Å². The van der Waals surface area contributed by atoms with Crippen LogP contribution in [0.3, 0.4) is 0 Å². The number of benzene rings is 1. The molecule has 5 heteroatoms. The zero-order valence-electron chi connectivity index (χ0n) is 12.0. The third-order valence-corrected chi connectivity index (χ3v) is 4.78. The molecular weight excluding hydrogens is 266 g/mol. The molecule has 0 radical (unpaired) electrons. The van der Waals surface area contributed by atoms with Gasteiger partial charge in [-0.1, -0.05) is 42.3 Å². The van der Waals surface area contributed by atoms with Crippen molar-refractivity contribution < 1.29 is 10.0 Å². The van der Waals surface area contributed by atoms with E-state index in [0.29, 0.717) is 23.9 Å². The molecule has 2 aliphatic rings. The van der Waals surface area contributed by atoms with E-state index in [-0.39, 0.29) is 17.7 Å². The van der Waals surface area contributed by atoms with Crippen molar-refractivity contribution in [3.63, 3.8) is 0 Å². The summed E-state index contributed by atoms with van der Waals surface area (Å²) in [5.74, 6) is 1.83. The molecule has 0 saturated heterocycles. The maximum Gasteiger partial charge on any atom is 0.223 e. The summed E-state index contributed by atoms with van der Waals surface area (Å²) in [6.07, 6.45) is 4.99. The van der Waals surface area contributed by atoms with Crippen molar-refractivity contribution in [3.8, 4) is 0 Å². The standard InChI is InChI=1S/C16H21N3O2/c17-15(19-21)11-7-5-10(6-8-11)9-18-16(20)14-12-3-1-2-4-13(12)14/h5-8,12-14,21H,1-4,9H2,(H2,17,19)(H,18,20). The normalized spacial score (nSPS) is 27.8. The topological polar surface area (TPSA) is 87.7 Å². The minimum absolute atomic E-state index is 0.0904. The molecule has 2 fully saturated rings. The zero-order chi connectivity index (χ0) is 14.8. The Bertz CT molecular complexity index is 541. The third-order valence-electron chi connectivity index (χ3n) is 4.78. The van der Waals surface area contributed by atoms with Gasteiger partial charge in [-0.2, -0.15) is 0 Å². The van der Waals surface area contributed by atoms with Gasteiger partial charge in [-0.25, -0.2) is 0 Å². The molecule has 2 aliphatic carbocycles. The van der Waals surface area contributed by atoms with Gasteiger partial charge in [-0.15, -0.1) is 0 Å². The largest absolute Gasteiger partial charge is 0.409 e. The molecule has 112 valence electrons. The van der Waals surface area contributed by atoms with Crippen molar-refractivity contribution in [2.45, 2.75) is 32.2 Å². The predicted molar refractivity (Wildman–Crippen MR) is 79.7 cm³/mol. The fraction of sp³-hybridized carbons (Fsp3) is 0.500. The SMILES string of the molecule is N/C(=N/O)c1ccc(CNC(=O)C2C3CCCCC32)cc1. The van der Waals surface area contributed by atoms with E-state index in [0.717, 1.165) is 5.56 Å². The molecule has 1 amide bonds. The van der Waals surface area contributed by atoms with Gasteiger partial charge in [0.25, 0.3) is 0 Å². The molecule has 3 rings (SSSR count). The maximum absolute atomic E-state index is 12.2. The Balaban J connectivity index is 1.52. The van der Waals surface area contributed by atoms with E-state index in [1.165, 1.54) is 25.7 Å². The van der Waals surface area contributed by atoms with E-state index in [1.807, 2.05) is 12.1 Å². The van der Waals surface area contributed by atoms with Crippen LogP contribution in [-0.4, -0.2) is 17.0 Å². The summed E-state index contributed by atoms with van der Waals surface area (Å²) >= 11 is 0. The fourth-order valence-corrected chi connectivity index (χ4v) is 3.54. The summed E-state index contributed by atoms with van der Waals surface area (Å²) in [6, 6.07) is 7.34. The van der Waals surface area contributed by atoms with Crippen LogP contribution in [0.15, 0.2) is 29.4 Å². The number of nitrogens with one attached hydrogen (secondary N) is 1. The van der Waals surface area contributed by atoms with Crippen LogP contribution in [0, 0.1) is 17.8 Å². The zero-order valence-corrected chi connectivity index (χ0v) is 12.0. The Morgan fingerprint density at radius 3 is 2.43 bits per heavy atom. The average Bonchev–Trinajstić information content (AvgIpc) is 3.27. The Kier molecular flexibility index (Phi) is 3.82. The monoisotopic (exact) mass is 287 g/mol. The number of hydrogen-bond donors (Lipinski definition) is 3. The molecule has 0 spiro atoms. The summed E-state index contributed by atoms with van der Waals surface area (Å²) in [4.78, 5) is 12.2. The van der Waals surface area contributed by atoms with Crippen LogP contribution in [0.1, 0.15) is 36.8 Å². The van der Waals surface area contributed by atoms with Crippen LogP contribution in [0.2, 0.25) is 0 Å². The molecular formula is C16H21N3O2. The van der Waals surface area contributed by atoms with Crippen molar-refractivity contribution in [1.82, 2.24) is 5.32 Å². The van der Waals surface area contributed by atoms with Crippen molar-refractivity contribution in [3.05, 3.63) is 35.4 Å². The number of amidine groups is 1. The first-order chi connectivity index (χ1) is 10.2. The first-order valence-electron chi connectivity index (χ1n) is 7.55.